The van der Waals surface area contributed by atoms with Crippen LogP contribution in [0.5, 0.6) is 11.6 Å². The summed E-state index contributed by atoms with van der Waals surface area (Å²) in [6.45, 7) is 2.00. The van der Waals surface area contributed by atoms with E-state index in [1.54, 1.807) is 12.1 Å². The fourth-order valence-electron chi connectivity index (χ4n) is 2.66. The largest absolute Gasteiger partial charge is 0.438 e. The Balaban J connectivity index is 1.88. The van der Waals surface area contributed by atoms with E-state index in [0.29, 0.717) is 21.7 Å². The van der Waals surface area contributed by atoms with Crippen molar-refractivity contribution in [2.45, 2.75) is 6.92 Å². The van der Waals surface area contributed by atoms with Gasteiger partial charge in [-0.2, -0.15) is 4.98 Å². The Kier molecular flexibility index (Phi) is 4.49. The van der Waals surface area contributed by atoms with Crippen molar-refractivity contribution in [2.75, 3.05) is 0 Å². The number of benzene rings is 3. The van der Waals surface area contributed by atoms with E-state index in [1.807, 2.05) is 61.5 Å². The van der Waals surface area contributed by atoms with Crippen LogP contribution in [-0.2, 0) is 0 Å². The third kappa shape index (κ3) is 3.24. The first kappa shape index (κ1) is 16.8. The fraction of sp³-hybridized carbons (Fsp3) is 0.0476. The SMILES string of the molecule is Cc1ccccc1Oc1nc(-c2ccc(Cl)c(Cl)c2)nc2ccccc12. The standard InChI is InChI=1S/C21H14Cl2N2O/c1-13-6-2-5-9-19(13)26-21-15-7-3-4-8-18(15)24-20(25-21)14-10-11-16(22)17(23)12-14/h2-12H,1H3. The fourth-order valence-corrected chi connectivity index (χ4v) is 2.96. The van der Waals surface area contributed by atoms with E-state index in [9.17, 15) is 0 Å². The summed E-state index contributed by atoms with van der Waals surface area (Å²) >= 11 is 12.2. The minimum Gasteiger partial charge on any atom is -0.438 e. The molecule has 0 aliphatic rings. The summed E-state index contributed by atoms with van der Waals surface area (Å²) in [6.07, 6.45) is 0. The van der Waals surface area contributed by atoms with Crippen molar-refractivity contribution in [3.8, 4) is 23.0 Å². The topological polar surface area (TPSA) is 35.0 Å². The molecule has 0 saturated heterocycles. The highest BCUT2D eigenvalue weighted by atomic mass is 35.5. The maximum Gasteiger partial charge on any atom is 0.230 e. The maximum absolute atomic E-state index is 6.15. The first-order valence-electron chi connectivity index (χ1n) is 8.07. The summed E-state index contributed by atoms with van der Waals surface area (Å²) in [4.78, 5) is 9.29. The van der Waals surface area contributed by atoms with Gasteiger partial charge in [-0.3, -0.25) is 0 Å². The van der Waals surface area contributed by atoms with Crippen LogP contribution in [0.3, 0.4) is 0 Å². The van der Waals surface area contributed by atoms with Crippen LogP contribution in [0.15, 0.2) is 66.7 Å². The number of ether oxygens (including phenoxy) is 1. The zero-order chi connectivity index (χ0) is 18.1. The van der Waals surface area contributed by atoms with Gasteiger partial charge in [0.15, 0.2) is 5.82 Å². The first-order valence-corrected chi connectivity index (χ1v) is 8.83. The van der Waals surface area contributed by atoms with Gasteiger partial charge < -0.3 is 4.74 Å². The van der Waals surface area contributed by atoms with Crippen LogP contribution in [0.2, 0.25) is 10.0 Å². The van der Waals surface area contributed by atoms with Gasteiger partial charge in [-0.05, 0) is 48.9 Å². The summed E-state index contributed by atoms with van der Waals surface area (Å²) < 4.78 is 6.13. The van der Waals surface area contributed by atoms with Gasteiger partial charge in [-0.15, -0.1) is 0 Å². The number of halogens is 2. The predicted octanol–water partition coefficient (Wildman–Crippen LogP) is 6.70. The summed E-state index contributed by atoms with van der Waals surface area (Å²) in [5.74, 6) is 1.80. The second-order valence-corrected chi connectivity index (χ2v) is 6.68. The molecule has 0 fully saturated rings. The van der Waals surface area contributed by atoms with Gasteiger partial charge in [0.25, 0.3) is 0 Å². The number of fused-ring (bicyclic) bond motifs is 1. The highest BCUT2D eigenvalue weighted by Crippen LogP contribution is 2.33. The second kappa shape index (κ2) is 6.94. The molecule has 0 aliphatic heterocycles. The third-order valence-electron chi connectivity index (χ3n) is 4.05. The van der Waals surface area contributed by atoms with E-state index in [4.69, 9.17) is 27.9 Å². The van der Waals surface area contributed by atoms with E-state index in [-0.39, 0.29) is 0 Å². The Morgan fingerprint density at radius 3 is 2.38 bits per heavy atom. The normalized spacial score (nSPS) is 10.9. The highest BCUT2D eigenvalue weighted by molar-refractivity contribution is 6.42. The van der Waals surface area contributed by atoms with Crippen LogP contribution in [-0.4, -0.2) is 9.97 Å². The Hall–Kier alpha value is -2.62. The van der Waals surface area contributed by atoms with Gasteiger partial charge in [-0.25, -0.2) is 4.98 Å². The highest BCUT2D eigenvalue weighted by Gasteiger charge is 2.13. The molecular weight excluding hydrogens is 367 g/mol. The van der Waals surface area contributed by atoms with Crippen molar-refractivity contribution in [1.82, 2.24) is 9.97 Å². The van der Waals surface area contributed by atoms with Gasteiger partial charge >= 0.3 is 0 Å². The van der Waals surface area contributed by atoms with Crippen LogP contribution in [0, 0.1) is 6.92 Å². The molecule has 4 rings (SSSR count). The molecule has 0 N–H and O–H groups in total. The van der Waals surface area contributed by atoms with Crippen molar-refractivity contribution >= 4 is 34.1 Å². The predicted molar refractivity (Wildman–Crippen MR) is 106 cm³/mol. The van der Waals surface area contributed by atoms with Crippen molar-refractivity contribution < 1.29 is 4.74 Å². The van der Waals surface area contributed by atoms with E-state index in [2.05, 4.69) is 9.97 Å². The van der Waals surface area contributed by atoms with Crippen molar-refractivity contribution in [2.24, 2.45) is 0 Å². The number of aromatic nitrogens is 2. The lowest BCUT2D eigenvalue weighted by Crippen LogP contribution is -1.97. The van der Waals surface area contributed by atoms with Crippen molar-refractivity contribution in [1.29, 1.82) is 0 Å². The zero-order valence-corrected chi connectivity index (χ0v) is 15.4. The molecule has 0 bridgehead atoms. The number of rotatable bonds is 3. The van der Waals surface area contributed by atoms with E-state index >= 15 is 0 Å². The molecule has 0 unspecified atom stereocenters. The molecule has 0 radical (unpaired) electrons. The summed E-state index contributed by atoms with van der Waals surface area (Å²) in [6, 6.07) is 20.9. The zero-order valence-electron chi connectivity index (χ0n) is 13.9. The number of hydrogen-bond donors (Lipinski definition) is 0. The minimum absolute atomic E-state index is 0.460. The van der Waals surface area contributed by atoms with E-state index in [1.165, 1.54) is 0 Å². The average Bonchev–Trinajstić information content (AvgIpc) is 2.65. The number of nitrogens with zero attached hydrogens (tertiary/aromatic N) is 2. The lowest BCUT2D eigenvalue weighted by molar-refractivity contribution is 0.465. The number of para-hydroxylation sites is 2. The van der Waals surface area contributed by atoms with Gasteiger partial charge in [0, 0.05) is 5.56 Å². The minimum atomic E-state index is 0.460. The molecule has 26 heavy (non-hydrogen) atoms. The molecule has 1 aromatic heterocycles. The van der Waals surface area contributed by atoms with E-state index < -0.39 is 0 Å². The molecule has 4 aromatic rings. The first-order chi connectivity index (χ1) is 12.6. The van der Waals surface area contributed by atoms with Gasteiger partial charge in [0.2, 0.25) is 5.88 Å². The average molecular weight is 381 g/mol. The Labute approximate surface area is 161 Å². The maximum atomic E-state index is 6.15. The van der Waals surface area contributed by atoms with Crippen molar-refractivity contribution in [3.05, 3.63) is 82.3 Å². The van der Waals surface area contributed by atoms with Crippen LogP contribution in [0.1, 0.15) is 5.56 Å². The molecule has 5 heteroatoms. The summed E-state index contributed by atoms with van der Waals surface area (Å²) in [5, 5.41) is 1.80. The van der Waals surface area contributed by atoms with Gasteiger partial charge in [0.1, 0.15) is 5.75 Å². The summed E-state index contributed by atoms with van der Waals surface area (Å²) in [5.41, 5.74) is 2.61. The van der Waals surface area contributed by atoms with Crippen LogP contribution >= 0.6 is 23.2 Å². The molecule has 0 saturated carbocycles. The Morgan fingerprint density at radius 2 is 1.58 bits per heavy atom. The molecule has 1 heterocycles. The molecule has 3 nitrogen and oxygen atoms in total. The molecule has 0 spiro atoms. The molecular formula is C21H14Cl2N2O. The second-order valence-electron chi connectivity index (χ2n) is 5.87. The van der Waals surface area contributed by atoms with Gasteiger partial charge in [0.05, 0.1) is 20.9 Å². The smallest absolute Gasteiger partial charge is 0.230 e. The van der Waals surface area contributed by atoms with E-state index in [0.717, 1.165) is 27.8 Å². The van der Waals surface area contributed by atoms with Crippen LogP contribution in [0.4, 0.5) is 0 Å². The Morgan fingerprint density at radius 1 is 0.808 bits per heavy atom. The van der Waals surface area contributed by atoms with Crippen molar-refractivity contribution in [3.63, 3.8) is 0 Å². The lowest BCUT2D eigenvalue weighted by atomic mass is 10.2. The summed E-state index contributed by atoms with van der Waals surface area (Å²) in [7, 11) is 0. The van der Waals surface area contributed by atoms with Crippen LogP contribution in [0.25, 0.3) is 22.3 Å². The monoisotopic (exact) mass is 380 g/mol. The molecule has 3 aromatic carbocycles. The quantitative estimate of drug-likeness (QED) is 0.396. The molecule has 0 atom stereocenters. The van der Waals surface area contributed by atoms with Gasteiger partial charge in [-0.1, -0.05) is 53.5 Å². The molecule has 0 amide bonds. The third-order valence-corrected chi connectivity index (χ3v) is 4.79. The lowest BCUT2D eigenvalue weighted by Gasteiger charge is -2.12. The van der Waals surface area contributed by atoms with Crippen LogP contribution < -0.4 is 4.74 Å². The number of hydrogen-bond acceptors (Lipinski definition) is 3. The number of aryl methyl sites for hydroxylation is 1. The molecule has 128 valence electrons. The molecule has 0 aliphatic carbocycles. The Bertz CT molecular complexity index is 1110.